The number of carbonyl (C=O) groups excluding carboxylic acids is 1. The minimum atomic E-state index is -3.67. The Balaban J connectivity index is 0.000000922. The third-order valence-corrected chi connectivity index (χ3v) is 3.59. The van der Waals surface area contributed by atoms with E-state index in [0.717, 1.165) is 6.26 Å². The molecular weight excluding hydrogens is 358 g/mol. The first-order chi connectivity index (χ1) is 10.5. The Morgan fingerprint density at radius 1 is 1.12 bits per heavy atom. The predicted octanol–water partition coefficient (Wildman–Crippen LogP) is 0.871. The lowest BCUT2D eigenvalue weighted by atomic mass is 10.1. The molecule has 0 spiro atoms. The van der Waals surface area contributed by atoms with Crippen molar-refractivity contribution >= 4 is 25.7 Å². The molecule has 0 aromatic heterocycles. The van der Waals surface area contributed by atoms with Crippen LogP contribution in [0.3, 0.4) is 0 Å². The molecule has 0 fully saturated rings. The summed E-state index contributed by atoms with van der Waals surface area (Å²) in [5, 5.41) is 12.5. The molecule has 0 aliphatic carbocycles. The zero-order valence-corrected chi connectivity index (χ0v) is 15.8. The molecule has 138 valence electrons. The van der Waals surface area contributed by atoms with Crippen LogP contribution in [0.4, 0.5) is 0 Å². The SMILES string of the molecule is CC(C)(C)NCC(=O)c1ccc(O)c(S(C)(=O)=O)c1.CS(=O)(=O)O. The van der Waals surface area contributed by atoms with Gasteiger partial charge in [-0.2, -0.15) is 8.42 Å². The van der Waals surface area contributed by atoms with E-state index in [1.807, 2.05) is 20.8 Å². The van der Waals surface area contributed by atoms with E-state index in [1.54, 1.807) is 0 Å². The average molecular weight is 381 g/mol. The van der Waals surface area contributed by atoms with Gasteiger partial charge in [0.1, 0.15) is 10.6 Å². The van der Waals surface area contributed by atoms with E-state index < -0.39 is 20.0 Å². The van der Waals surface area contributed by atoms with Gasteiger partial charge in [-0.05, 0) is 39.0 Å². The molecule has 1 aromatic rings. The number of phenols is 1. The monoisotopic (exact) mass is 381 g/mol. The number of aromatic hydroxyl groups is 1. The van der Waals surface area contributed by atoms with E-state index in [9.17, 15) is 26.7 Å². The molecule has 0 atom stereocenters. The molecule has 8 nitrogen and oxygen atoms in total. The summed E-state index contributed by atoms with van der Waals surface area (Å²) < 4.78 is 48.8. The summed E-state index contributed by atoms with van der Waals surface area (Å²) in [5.74, 6) is -0.567. The van der Waals surface area contributed by atoms with Crippen molar-refractivity contribution in [2.75, 3.05) is 19.1 Å². The molecule has 0 bridgehead atoms. The van der Waals surface area contributed by atoms with Crippen LogP contribution in [0.1, 0.15) is 31.1 Å². The van der Waals surface area contributed by atoms with Gasteiger partial charge in [0, 0.05) is 17.4 Å². The summed E-state index contributed by atoms with van der Waals surface area (Å²) in [6.07, 6.45) is 1.71. The fraction of sp³-hybridized carbons (Fsp3) is 0.500. The smallest absolute Gasteiger partial charge is 0.261 e. The molecular formula is C14H23NO7S2. The number of hydrogen-bond donors (Lipinski definition) is 3. The molecule has 0 amide bonds. The van der Waals surface area contributed by atoms with E-state index in [0.29, 0.717) is 6.26 Å². The molecule has 0 aliphatic heterocycles. The minimum absolute atomic E-state index is 0.109. The van der Waals surface area contributed by atoms with Gasteiger partial charge >= 0.3 is 0 Å². The molecule has 1 rings (SSSR count). The van der Waals surface area contributed by atoms with Crippen LogP contribution in [0.15, 0.2) is 23.1 Å². The second kappa shape index (κ2) is 8.06. The lowest BCUT2D eigenvalue weighted by molar-refractivity contribution is 0.0981. The summed E-state index contributed by atoms with van der Waals surface area (Å²) >= 11 is 0. The summed E-state index contributed by atoms with van der Waals surface area (Å²) in [4.78, 5) is 11.7. The highest BCUT2D eigenvalue weighted by molar-refractivity contribution is 7.90. The molecule has 0 saturated heterocycles. The second-order valence-corrected chi connectivity index (χ2v) is 9.66. The van der Waals surface area contributed by atoms with Crippen molar-refractivity contribution in [3.63, 3.8) is 0 Å². The number of Topliss-reactive ketones (excluding diaryl/α,β-unsaturated/α-hetero) is 1. The fourth-order valence-electron chi connectivity index (χ4n) is 1.43. The second-order valence-electron chi connectivity index (χ2n) is 6.21. The zero-order chi connectivity index (χ0) is 19.3. The van der Waals surface area contributed by atoms with Gasteiger partial charge in [0.15, 0.2) is 15.6 Å². The maximum absolute atomic E-state index is 11.9. The van der Waals surface area contributed by atoms with Crippen molar-refractivity contribution in [3.05, 3.63) is 23.8 Å². The van der Waals surface area contributed by atoms with Gasteiger partial charge in [0.25, 0.3) is 10.1 Å². The van der Waals surface area contributed by atoms with Crippen molar-refractivity contribution in [3.8, 4) is 5.75 Å². The highest BCUT2D eigenvalue weighted by atomic mass is 32.2. The molecule has 0 aliphatic rings. The molecule has 1 aromatic carbocycles. The number of rotatable bonds is 4. The number of nitrogens with one attached hydrogen (secondary N) is 1. The Hall–Kier alpha value is -1.49. The third-order valence-electron chi connectivity index (χ3n) is 2.46. The van der Waals surface area contributed by atoms with E-state index in [-0.39, 0.29) is 34.1 Å². The van der Waals surface area contributed by atoms with Gasteiger partial charge in [0.2, 0.25) is 0 Å². The van der Waals surface area contributed by atoms with Crippen molar-refractivity contribution in [2.24, 2.45) is 0 Å². The molecule has 3 N–H and O–H groups in total. The van der Waals surface area contributed by atoms with Crippen molar-refractivity contribution in [2.45, 2.75) is 31.2 Å². The highest BCUT2D eigenvalue weighted by Crippen LogP contribution is 2.23. The molecule has 0 saturated carbocycles. The number of benzene rings is 1. The van der Waals surface area contributed by atoms with Gasteiger partial charge < -0.3 is 10.4 Å². The standard InChI is InChI=1S/C13H19NO4S.CH4O3S/c1-13(2,3)14-8-11(16)9-5-6-10(15)12(7-9)19(4,17)18;1-5(2,3)4/h5-7,14-15H,8H2,1-4H3;1H3,(H,2,3,4). The quantitative estimate of drug-likeness (QED) is 0.516. The number of hydrogen-bond acceptors (Lipinski definition) is 7. The highest BCUT2D eigenvalue weighted by Gasteiger charge is 2.17. The molecule has 24 heavy (non-hydrogen) atoms. The first-order valence-corrected chi connectivity index (χ1v) is 10.5. The van der Waals surface area contributed by atoms with Gasteiger partial charge in [0.05, 0.1) is 12.8 Å². The maximum atomic E-state index is 11.9. The number of sulfone groups is 1. The Labute approximate surface area is 142 Å². The minimum Gasteiger partial charge on any atom is -0.507 e. The summed E-state index contributed by atoms with van der Waals surface area (Å²) in [6.45, 7) is 5.90. The van der Waals surface area contributed by atoms with Gasteiger partial charge in [-0.3, -0.25) is 9.35 Å². The lowest BCUT2D eigenvalue weighted by Gasteiger charge is -2.19. The third kappa shape index (κ3) is 10.3. The van der Waals surface area contributed by atoms with E-state index in [4.69, 9.17) is 4.55 Å². The first-order valence-electron chi connectivity index (χ1n) is 6.74. The van der Waals surface area contributed by atoms with E-state index >= 15 is 0 Å². The topological polar surface area (TPSA) is 138 Å². The van der Waals surface area contributed by atoms with Crippen molar-refractivity contribution < 1.29 is 31.3 Å². The lowest BCUT2D eigenvalue weighted by Crippen LogP contribution is -2.39. The number of carbonyl (C=O) groups is 1. The van der Waals surface area contributed by atoms with Gasteiger partial charge in [-0.15, -0.1) is 0 Å². The summed E-state index contributed by atoms with van der Waals surface area (Å²) in [6, 6.07) is 3.84. The largest absolute Gasteiger partial charge is 0.507 e. The maximum Gasteiger partial charge on any atom is 0.261 e. The molecule has 0 heterocycles. The normalized spacial score (nSPS) is 12.2. The first kappa shape index (κ1) is 22.5. The molecule has 0 unspecified atom stereocenters. The Bertz CT molecular complexity index is 783. The predicted molar refractivity (Wildman–Crippen MR) is 90.8 cm³/mol. The molecule has 10 heteroatoms. The average Bonchev–Trinajstić information content (AvgIpc) is 2.32. The Kier molecular flexibility index (Phi) is 7.56. The van der Waals surface area contributed by atoms with Gasteiger partial charge in [-0.1, -0.05) is 0 Å². The van der Waals surface area contributed by atoms with Crippen LogP contribution in [0.5, 0.6) is 5.75 Å². The van der Waals surface area contributed by atoms with E-state index in [1.165, 1.54) is 18.2 Å². The Morgan fingerprint density at radius 2 is 1.58 bits per heavy atom. The zero-order valence-electron chi connectivity index (χ0n) is 14.2. The van der Waals surface area contributed by atoms with Crippen LogP contribution < -0.4 is 5.32 Å². The number of ketones is 1. The van der Waals surface area contributed by atoms with Gasteiger partial charge in [-0.25, -0.2) is 8.42 Å². The summed E-state index contributed by atoms with van der Waals surface area (Å²) in [7, 11) is -7.22. The van der Waals surface area contributed by atoms with Crippen LogP contribution in [0.25, 0.3) is 0 Å². The van der Waals surface area contributed by atoms with Crippen LogP contribution >= 0.6 is 0 Å². The Morgan fingerprint density at radius 3 is 1.96 bits per heavy atom. The van der Waals surface area contributed by atoms with E-state index in [2.05, 4.69) is 5.32 Å². The fourth-order valence-corrected chi connectivity index (χ4v) is 2.22. The van der Waals surface area contributed by atoms with Crippen molar-refractivity contribution in [1.29, 1.82) is 0 Å². The van der Waals surface area contributed by atoms with Crippen LogP contribution in [-0.2, 0) is 20.0 Å². The number of phenolic OH excluding ortho intramolecular Hbond substituents is 1. The van der Waals surface area contributed by atoms with Crippen LogP contribution in [-0.4, -0.2) is 56.9 Å². The van der Waals surface area contributed by atoms with Crippen molar-refractivity contribution in [1.82, 2.24) is 5.32 Å². The van der Waals surface area contributed by atoms with Crippen LogP contribution in [0, 0.1) is 0 Å². The summed E-state index contributed by atoms with van der Waals surface area (Å²) in [5.41, 5.74) is 0.0571. The van der Waals surface area contributed by atoms with Crippen LogP contribution in [0.2, 0.25) is 0 Å². The molecule has 0 radical (unpaired) electrons.